The number of hydrogen-bond acceptors (Lipinski definition) is 4. The molecule has 0 atom stereocenters. The lowest BCUT2D eigenvalue weighted by atomic mass is 9.98. The van der Waals surface area contributed by atoms with Gasteiger partial charge in [-0.1, -0.05) is 29.4 Å². The van der Waals surface area contributed by atoms with Gasteiger partial charge in [-0.25, -0.2) is 0 Å². The van der Waals surface area contributed by atoms with Crippen LogP contribution in [0.2, 0.25) is 0 Å². The van der Waals surface area contributed by atoms with Crippen LogP contribution in [0.4, 0.5) is 0 Å². The average molecular weight is 417 g/mol. The van der Waals surface area contributed by atoms with Gasteiger partial charge in [0.2, 0.25) is 0 Å². The Labute approximate surface area is 183 Å². The number of ether oxygens (including phenoxy) is 2. The third-order valence-electron chi connectivity index (χ3n) is 5.40. The molecule has 1 aromatic heterocycles. The minimum Gasteiger partial charge on any atom is -0.488 e. The minimum absolute atomic E-state index is 0.341. The zero-order valence-electron chi connectivity index (χ0n) is 18.8. The van der Waals surface area contributed by atoms with Crippen LogP contribution in [0.25, 0.3) is 22.3 Å². The number of hydrogen-bond donors (Lipinski definition) is 0. The van der Waals surface area contributed by atoms with Crippen molar-refractivity contribution in [1.82, 2.24) is 0 Å². The Bertz CT molecular complexity index is 1220. The molecule has 1 aliphatic rings. The Balaban J connectivity index is 1.87. The van der Waals surface area contributed by atoms with Gasteiger partial charge in [0, 0.05) is 23.4 Å². The summed E-state index contributed by atoms with van der Waals surface area (Å²) in [6.07, 6.45) is 5.83. The van der Waals surface area contributed by atoms with Crippen molar-refractivity contribution in [2.24, 2.45) is 0 Å². The molecule has 2 heterocycles. The fraction of sp³-hybridized carbons (Fsp3) is 0.296. The zero-order valence-corrected chi connectivity index (χ0v) is 18.8. The molecule has 0 aliphatic carbocycles. The summed E-state index contributed by atoms with van der Waals surface area (Å²) in [5.74, 6) is 1.88. The summed E-state index contributed by atoms with van der Waals surface area (Å²) in [5, 5.41) is 1.00. The van der Waals surface area contributed by atoms with Crippen LogP contribution >= 0.6 is 0 Å². The van der Waals surface area contributed by atoms with E-state index in [1.165, 1.54) is 23.6 Å². The quantitative estimate of drug-likeness (QED) is 0.257. The van der Waals surface area contributed by atoms with Gasteiger partial charge in [0.1, 0.15) is 29.4 Å². The molecule has 2 aromatic carbocycles. The van der Waals surface area contributed by atoms with E-state index in [4.69, 9.17) is 13.9 Å². The van der Waals surface area contributed by atoms with E-state index in [2.05, 4.69) is 52.0 Å². The molecule has 0 saturated carbocycles. The van der Waals surface area contributed by atoms with E-state index in [1.807, 2.05) is 18.2 Å². The van der Waals surface area contributed by atoms with Gasteiger partial charge < -0.3 is 13.9 Å². The van der Waals surface area contributed by atoms with Crippen LogP contribution in [-0.2, 0) is 24.2 Å². The summed E-state index contributed by atoms with van der Waals surface area (Å²) < 4.78 is 18.0. The van der Waals surface area contributed by atoms with Gasteiger partial charge in [-0.3, -0.25) is 4.79 Å². The summed E-state index contributed by atoms with van der Waals surface area (Å²) >= 11 is 0. The van der Waals surface area contributed by atoms with E-state index < -0.39 is 0 Å². The molecule has 0 bridgehead atoms. The van der Waals surface area contributed by atoms with E-state index >= 15 is 0 Å². The van der Waals surface area contributed by atoms with E-state index in [-0.39, 0.29) is 5.97 Å². The SMILES string of the molecule is CC(=O)Oc1ccc2c3c(oc2c1CC=C(C)C)-c1cc(CC=C(C)C)ccc1OC3. The summed E-state index contributed by atoms with van der Waals surface area (Å²) in [7, 11) is 0. The van der Waals surface area contributed by atoms with Crippen LogP contribution in [-0.4, -0.2) is 5.97 Å². The predicted octanol–water partition coefficient (Wildman–Crippen LogP) is 6.93. The molecule has 0 radical (unpaired) electrons. The molecule has 31 heavy (non-hydrogen) atoms. The van der Waals surface area contributed by atoms with Crippen molar-refractivity contribution < 1.29 is 18.7 Å². The van der Waals surface area contributed by atoms with Gasteiger partial charge >= 0.3 is 5.97 Å². The van der Waals surface area contributed by atoms with Gasteiger partial charge in [0.05, 0.1) is 5.56 Å². The fourth-order valence-electron chi connectivity index (χ4n) is 3.84. The second kappa shape index (κ2) is 8.46. The lowest BCUT2D eigenvalue weighted by Crippen LogP contribution is -2.05. The van der Waals surface area contributed by atoms with Crippen LogP contribution in [0.5, 0.6) is 11.5 Å². The van der Waals surface area contributed by atoms with Gasteiger partial charge in [0.25, 0.3) is 0 Å². The smallest absolute Gasteiger partial charge is 0.308 e. The van der Waals surface area contributed by atoms with E-state index in [1.54, 1.807) is 0 Å². The number of rotatable bonds is 5. The Kier molecular flexibility index (Phi) is 5.73. The number of carbonyl (C=O) groups is 1. The molecular weight excluding hydrogens is 388 g/mol. The molecule has 160 valence electrons. The van der Waals surface area contributed by atoms with Gasteiger partial charge in [-0.15, -0.1) is 0 Å². The van der Waals surface area contributed by atoms with Crippen molar-refractivity contribution in [3.63, 3.8) is 0 Å². The highest BCUT2D eigenvalue weighted by molar-refractivity contribution is 5.93. The van der Waals surface area contributed by atoms with Gasteiger partial charge in [-0.2, -0.15) is 0 Å². The average Bonchev–Trinajstić information content (AvgIpc) is 3.10. The standard InChI is InChI=1S/C27H28O4/c1-16(2)6-8-19-9-12-24-22(14-19)27-23(15-29-24)20-11-13-25(30-18(5)28)21(26(20)31-27)10-7-17(3)4/h6-7,9,11-14H,8,10,15H2,1-5H3. The fourth-order valence-corrected chi connectivity index (χ4v) is 3.84. The Morgan fingerprint density at radius 2 is 1.74 bits per heavy atom. The summed E-state index contributed by atoms with van der Waals surface area (Å²) in [6.45, 7) is 10.2. The Morgan fingerprint density at radius 1 is 1.00 bits per heavy atom. The molecule has 0 saturated heterocycles. The van der Waals surface area contributed by atoms with Crippen LogP contribution in [0.3, 0.4) is 0 Å². The van der Waals surface area contributed by atoms with Gasteiger partial charge in [0.15, 0.2) is 0 Å². The third-order valence-corrected chi connectivity index (χ3v) is 5.40. The molecule has 3 aromatic rings. The van der Waals surface area contributed by atoms with Crippen LogP contribution in [0, 0.1) is 0 Å². The maximum Gasteiger partial charge on any atom is 0.308 e. The minimum atomic E-state index is -0.341. The van der Waals surface area contributed by atoms with Crippen molar-refractivity contribution in [2.45, 2.75) is 54.1 Å². The van der Waals surface area contributed by atoms with E-state index in [0.717, 1.165) is 45.6 Å². The molecule has 0 unspecified atom stereocenters. The number of fused-ring (bicyclic) bond motifs is 5. The monoisotopic (exact) mass is 416 g/mol. The van der Waals surface area contributed by atoms with E-state index in [0.29, 0.717) is 18.8 Å². The first-order chi connectivity index (χ1) is 14.8. The number of carbonyl (C=O) groups excluding carboxylic acids is 1. The lowest BCUT2D eigenvalue weighted by Gasteiger charge is -2.17. The Morgan fingerprint density at radius 3 is 2.45 bits per heavy atom. The highest BCUT2D eigenvalue weighted by atomic mass is 16.5. The largest absolute Gasteiger partial charge is 0.488 e. The molecule has 0 N–H and O–H groups in total. The zero-order chi connectivity index (χ0) is 22.1. The number of esters is 1. The molecular formula is C27H28O4. The second-order valence-electron chi connectivity index (χ2n) is 8.51. The van der Waals surface area contributed by atoms with Crippen molar-refractivity contribution in [1.29, 1.82) is 0 Å². The Hall–Kier alpha value is -3.27. The summed E-state index contributed by atoms with van der Waals surface area (Å²) in [6, 6.07) is 10.1. The van der Waals surface area contributed by atoms with Crippen molar-refractivity contribution in [3.8, 4) is 22.8 Å². The van der Waals surface area contributed by atoms with Gasteiger partial charge in [-0.05, 0) is 70.4 Å². The maximum absolute atomic E-state index is 11.7. The number of furan rings is 1. The van der Waals surface area contributed by atoms with E-state index in [9.17, 15) is 4.79 Å². The first kappa shape index (κ1) is 21.0. The van der Waals surface area contributed by atoms with Crippen molar-refractivity contribution in [3.05, 3.63) is 70.3 Å². The first-order valence-corrected chi connectivity index (χ1v) is 10.6. The molecule has 0 fully saturated rings. The summed E-state index contributed by atoms with van der Waals surface area (Å²) in [4.78, 5) is 11.7. The molecule has 0 amide bonds. The second-order valence-corrected chi connectivity index (χ2v) is 8.51. The number of benzene rings is 2. The molecule has 0 spiro atoms. The molecule has 4 nitrogen and oxygen atoms in total. The van der Waals surface area contributed by atoms with Crippen LogP contribution < -0.4 is 9.47 Å². The first-order valence-electron chi connectivity index (χ1n) is 10.6. The predicted molar refractivity (Wildman–Crippen MR) is 124 cm³/mol. The summed E-state index contributed by atoms with van der Waals surface area (Å²) in [5.41, 5.74) is 7.34. The third kappa shape index (κ3) is 4.29. The highest BCUT2D eigenvalue weighted by Gasteiger charge is 2.26. The topological polar surface area (TPSA) is 48.7 Å². The molecule has 4 heteroatoms. The van der Waals surface area contributed by atoms with Crippen LogP contribution in [0.1, 0.15) is 51.3 Å². The molecule has 4 rings (SSSR count). The number of allylic oxidation sites excluding steroid dienone is 4. The normalized spacial score (nSPS) is 11.9. The van der Waals surface area contributed by atoms with Crippen molar-refractivity contribution >= 4 is 16.9 Å². The maximum atomic E-state index is 11.7. The van der Waals surface area contributed by atoms with Crippen LogP contribution in [0.15, 0.2) is 58.0 Å². The lowest BCUT2D eigenvalue weighted by molar-refractivity contribution is -0.131. The molecule has 1 aliphatic heterocycles. The van der Waals surface area contributed by atoms with Crippen molar-refractivity contribution in [2.75, 3.05) is 0 Å². The highest BCUT2D eigenvalue weighted by Crippen LogP contribution is 2.45.